The van der Waals surface area contributed by atoms with Gasteiger partial charge in [-0.25, -0.2) is 14.6 Å². The largest absolute Gasteiger partial charge is 0.340 e. The van der Waals surface area contributed by atoms with Gasteiger partial charge in [-0.15, -0.1) is 0 Å². The molecule has 4 rings (SSSR count). The van der Waals surface area contributed by atoms with Gasteiger partial charge in [-0.05, 0) is 54.6 Å². The van der Waals surface area contributed by atoms with Crippen molar-refractivity contribution in [2.75, 3.05) is 10.6 Å². The molecule has 7 nitrogen and oxygen atoms in total. The van der Waals surface area contributed by atoms with E-state index in [0.717, 1.165) is 10.2 Å². The maximum atomic E-state index is 12.3. The number of nitrogens with one attached hydrogen (secondary N) is 2. The van der Waals surface area contributed by atoms with E-state index in [-0.39, 0.29) is 5.91 Å². The van der Waals surface area contributed by atoms with Crippen LogP contribution in [0.4, 0.5) is 17.2 Å². The van der Waals surface area contributed by atoms with Crippen molar-refractivity contribution >= 4 is 39.0 Å². The first-order valence-electron chi connectivity index (χ1n) is 8.43. The smallest absolute Gasteiger partial charge is 0.255 e. The van der Waals surface area contributed by atoms with Crippen molar-refractivity contribution in [1.82, 2.24) is 19.7 Å². The van der Waals surface area contributed by atoms with Gasteiger partial charge in [0.15, 0.2) is 5.82 Å². The summed E-state index contributed by atoms with van der Waals surface area (Å²) in [5.74, 6) is 1.15. The molecular formula is C20H15BrN6O. The Hall–Kier alpha value is -3.52. The molecule has 138 valence electrons. The Morgan fingerprint density at radius 2 is 1.71 bits per heavy atom. The molecule has 0 aliphatic carbocycles. The summed E-state index contributed by atoms with van der Waals surface area (Å²) in [5, 5.41) is 10.3. The number of benzene rings is 2. The number of halogens is 1. The molecule has 0 spiro atoms. The molecule has 2 aromatic carbocycles. The van der Waals surface area contributed by atoms with Gasteiger partial charge in [0, 0.05) is 39.9 Å². The monoisotopic (exact) mass is 434 g/mol. The Morgan fingerprint density at radius 1 is 0.964 bits per heavy atom. The van der Waals surface area contributed by atoms with Crippen LogP contribution >= 0.6 is 15.9 Å². The van der Waals surface area contributed by atoms with Gasteiger partial charge in [-0.3, -0.25) is 4.79 Å². The minimum atomic E-state index is -0.159. The second-order valence-electron chi connectivity index (χ2n) is 5.88. The summed E-state index contributed by atoms with van der Waals surface area (Å²) in [6.45, 7) is 0. The lowest BCUT2D eigenvalue weighted by atomic mass is 10.2. The van der Waals surface area contributed by atoms with Gasteiger partial charge in [-0.2, -0.15) is 5.10 Å². The minimum absolute atomic E-state index is 0.159. The molecule has 8 heteroatoms. The molecular weight excluding hydrogens is 420 g/mol. The first kappa shape index (κ1) is 17.9. The number of nitrogens with zero attached hydrogens (tertiary/aromatic N) is 4. The van der Waals surface area contributed by atoms with Crippen molar-refractivity contribution in [3.05, 3.63) is 89.4 Å². The summed E-state index contributed by atoms with van der Waals surface area (Å²) in [5.41, 5.74) is 2.14. The van der Waals surface area contributed by atoms with Crippen molar-refractivity contribution in [3.8, 4) is 5.82 Å². The molecule has 0 atom stereocenters. The first-order chi connectivity index (χ1) is 13.7. The molecule has 1 amide bonds. The number of amides is 1. The Kier molecular flexibility index (Phi) is 5.11. The molecule has 0 unspecified atom stereocenters. The van der Waals surface area contributed by atoms with Crippen molar-refractivity contribution in [1.29, 1.82) is 0 Å². The van der Waals surface area contributed by atoms with E-state index in [9.17, 15) is 4.79 Å². The second kappa shape index (κ2) is 8.01. The van der Waals surface area contributed by atoms with Gasteiger partial charge in [-0.1, -0.05) is 15.9 Å². The lowest BCUT2D eigenvalue weighted by Crippen LogP contribution is -2.11. The number of carbonyl (C=O) groups excluding carboxylic acids is 1. The number of carbonyl (C=O) groups is 1. The van der Waals surface area contributed by atoms with Crippen LogP contribution in [0.15, 0.2) is 83.9 Å². The van der Waals surface area contributed by atoms with Crippen molar-refractivity contribution in [2.24, 2.45) is 0 Å². The fraction of sp³-hybridized carbons (Fsp3) is 0. The fourth-order valence-corrected chi connectivity index (χ4v) is 2.80. The normalized spacial score (nSPS) is 10.5. The molecule has 2 heterocycles. The Morgan fingerprint density at radius 3 is 2.43 bits per heavy atom. The molecule has 2 aromatic heterocycles. The number of anilines is 3. The van der Waals surface area contributed by atoms with Crippen LogP contribution < -0.4 is 10.6 Å². The van der Waals surface area contributed by atoms with E-state index in [1.54, 1.807) is 29.1 Å². The average Bonchev–Trinajstić information content (AvgIpc) is 3.25. The predicted octanol–water partition coefficient (Wildman–Crippen LogP) is 4.42. The third kappa shape index (κ3) is 4.24. The molecule has 0 aliphatic rings. The van der Waals surface area contributed by atoms with Crippen LogP contribution in [0.1, 0.15) is 10.4 Å². The summed E-state index contributed by atoms with van der Waals surface area (Å²) < 4.78 is 2.59. The highest BCUT2D eigenvalue weighted by Gasteiger charge is 2.06. The van der Waals surface area contributed by atoms with Gasteiger partial charge in [0.1, 0.15) is 12.1 Å². The zero-order valence-electron chi connectivity index (χ0n) is 14.6. The summed E-state index contributed by atoms with van der Waals surface area (Å²) in [6, 6.07) is 18.2. The van der Waals surface area contributed by atoms with E-state index < -0.39 is 0 Å². The number of hydrogen-bond donors (Lipinski definition) is 2. The molecule has 4 aromatic rings. The summed E-state index contributed by atoms with van der Waals surface area (Å²) in [4.78, 5) is 20.7. The van der Waals surface area contributed by atoms with E-state index in [1.807, 2.05) is 48.7 Å². The van der Waals surface area contributed by atoms with Gasteiger partial charge in [0.25, 0.3) is 5.91 Å². The van der Waals surface area contributed by atoms with Crippen LogP contribution in [0.2, 0.25) is 0 Å². The predicted molar refractivity (Wildman–Crippen MR) is 111 cm³/mol. The number of hydrogen-bond acceptors (Lipinski definition) is 5. The number of rotatable bonds is 5. The molecule has 2 N–H and O–H groups in total. The molecule has 28 heavy (non-hydrogen) atoms. The lowest BCUT2D eigenvalue weighted by molar-refractivity contribution is 0.102. The molecule has 0 aliphatic heterocycles. The zero-order valence-corrected chi connectivity index (χ0v) is 16.2. The van der Waals surface area contributed by atoms with Crippen LogP contribution in [0, 0.1) is 0 Å². The maximum Gasteiger partial charge on any atom is 0.255 e. The molecule has 0 radical (unpaired) electrons. The number of aromatic nitrogens is 4. The van der Waals surface area contributed by atoms with Crippen LogP contribution in [0.25, 0.3) is 5.82 Å². The summed E-state index contributed by atoms with van der Waals surface area (Å²) in [7, 11) is 0. The lowest BCUT2D eigenvalue weighted by Gasteiger charge is -2.09. The summed E-state index contributed by atoms with van der Waals surface area (Å²) in [6.07, 6.45) is 4.98. The minimum Gasteiger partial charge on any atom is -0.340 e. The van der Waals surface area contributed by atoms with E-state index >= 15 is 0 Å². The average molecular weight is 435 g/mol. The van der Waals surface area contributed by atoms with Gasteiger partial charge in [0.05, 0.1) is 0 Å². The standard InChI is InChI=1S/C20H15BrN6O/c21-15-4-2-14(3-5-15)20(28)26-17-8-6-16(7-9-17)25-18-12-19(23-13-22-18)27-11-1-10-24-27/h1-13H,(H,26,28)(H,22,23,25). The zero-order chi connectivity index (χ0) is 19.3. The quantitative estimate of drug-likeness (QED) is 0.485. The van der Waals surface area contributed by atoms with E-state index in [0.29, 0.717) is 22.9 Å². The molecule has 0 saturated carbocycles. The van der Waals surface area contributed by atoms with Crippen LogP contribution in [0.5, 0.6) is 0 Å². The highest BCUT2D eigenvalue weighted by atomic mass is 79.9. The summed E-state index contributed by atoms with van der Waals surface area (Å²) >= 11 is 3.36. The van der Waals surface area contributed by atoms with Crippen molar-refractivity contribution < 1.29 is 4.79 Å². The van der Waals surface area contributed by atoms with Gasteiger partial charge >= 0.3 is 0 Å². The van der Waals surface area contributed by atoms with Crippen LogP contribution in [0.3, 0.4) is 0 Å². The SMILES string of the molecule is O=C(Nc1ccc(Nc2cc(-n3cccn3)ncn2)cc1)c1ccc(Br)cc1. The van der Waals surface area contributed by atoms with Crippen LogP contribution in [-0.2, 0) is 0 Å². The highest BCUT2D eigenvalue weighted by molar-refractivity contribution is 9.10. The maximum absolute atomic E-state index is 12.3. The molecule has 0 fully saturated rings. The Balaban J connectivity index is 1.43. The van der Waals surface area contributed by atoms with Gasteiger partial charge in [0.2, 0.25) is 0 Å². The Bertz CT molecular complexity index is 1080. The third-order valence-electron chi connectivity index (χ3n) is 3.91. The topological polar surface area (TPSA) is 84.7 Å². The third-order valence-corrected chi connectivity index (χ3v) is 4.44. The molecule has 0 saturated heterocycles. The van der Waals surface area contributed by atoms with Crippen molar-refractivity contribution in [3.63, 3.8) is 0 Å². The van der Waals surface area contributed by atoms with E-state index in [2.05, 4.69) is 41.6 Å². The Labute approximate surface area is 169 Å². The van der Waals surface area contributed by atoms with E-state index in [4.69, 9.17) is 0 Å². The second-order valence-corrected chi connectivity index (χ2v) is 6.79. The van der Waals surface area contributed by atoms with Crippen molar-refractivity contribution in [2.45, 2.75) is 0 Å². The highest BCUT2D eigenvalue weighted by Crippen LogP contribution is 2.19. The fourth-order valence-electron chi connectivity index (χ4n) is 2.53. The first-order valence-corrected chi connectivity index (χ1v) is 9.23. The van der Waals surface area contributed by atoms with Gasteiger partial charge < -0.3 is 10.6 Å². The van der Waals surface area contributed by atoms with E-state index in [1.165, 1.54) is 6.33 Å². The molecule has 0 bridgehead atoms. The van der Waals surface area contributed by atoms with Crippen LogP contribution in [-0.4, -0.2) is 25.7 Å².